The molecular formula is C16H23N3O2. The zero-order chi connectivity index (χ0) is 15.6. The molecule has 2 aromatic rings. The molecule has 0 fully saturated rings. The number of imidazole rings is 1. The van der Waals surface area contributed by atoms with Crippen molar-refractivity contribution in [1.29, 1.82) is 0 Å². The number of nitrogens with one attached hydrogen (secondary N) is 1. The van der Waals surface area contributed by atoms with Crippen molar-refractivity contribution in [2.75, 3.05) is 7.05 Å². The summed E-state index contributed by atoms with van der Waals surface area (Å²) in [5, 5.41) is 12.4. The summed E-state index contributed by atoms with van der Waals surface area (Å²) in [6.45, 7) is 5.83. The number of aryl methyl sites for hydroxylation is 1. The number of aliphatic carboxylic acids is 1. The molecule has 5 nitrogen and oxygen atoms in total. The Morgan fingerprint density at radius 3 is 2.71 bits per heavy atom. The molecule has 0 saturated carbocycles. The van der Waals surface area contributed by atoms with Crippen LogP contribution in [0.1, 0.15) is 39.1 Å². The summed E-state index contributed by atoms with van der Waals surface area (Å²) in [7, 11) is 1.69. The Kier molecular flexibility index (Phi) is 4.32. The second-order valence-electron chi connectivity index (χ2n) is 5.68. The second kappa shape index (κ2) is 5.85. The van der Waals surface area contributed by atoms with Crippen molar-refractivity contribution in [1.82, 2.24) is 14.9 Å². The third-order valence-electron chi connectivity index (χ3n) is 4.15. The molecule has 2 N–H and O–H groups in total. The highest BCUT2D eigenvalue weighted by Gasteiger charge is 2.34. The molecule has 2 atom stereocenters. The highest BCUT2D eigenvalue weighted by molar-refractivity contribution is 5.78. The van der Waals surface area contributed by atoms with Crippen LogP contribution in [0.2, 0.25) is 0 Å². The minimum atomic E-state index is -0.949. The van der Waals surface area contributed by atoms with Crippen LogP contribution in [0.25, 0.3) is 11.0 Å². The summed E-state index contributed by atoms with van der Waals surface area (Å²) in [5.74, 6) is 0.159. The lowest BCUT2D eigenvalue weighted by atomic mass is 9.93. The molecule has 1 aromatic heterocycles. The maximum Gasteiger partial charge on any atom is 0.323 e. The van der Waals surface area contributed by atoms with Gasteiger partial charge in [-0.1, -0.05) is 19.1 Å². The Bertz CT molecular complexity index is 650. The summed E-state index contributed by atoms with van der Waals surface area (Å²) in [5.41, 5.74) is 1.07. The van der Waals surface area contributed by atoms with E-state index in [-0.39, 0.29) is 6.04 Å². The third-order valence-corrected chi connectivity index (χ3v) is 4.15. The molecule has 1 aromatic carbocycles. The van der Waals surface area contributed by atoms with Crippen molar-refractivity contribution in [3.05, 3.63) is 30.1 Å². The average molecular weight is 289 g/mol. The van der Waals surface area contributed by atoms with E-state index in [1.807, 2.05) is 31.2 Å². The van der Waals surface area contributed by atoms with Crippen LogP contribution in [0.3, 0.4) is 0 Å². The van der Waals surface area contributed by atoms with E-state index in [1.54, 1.807) is 14.0 Å². The summed E-state index contributed by atoms with van der Waals surface area (Å²) in [6, 6.07) is 8.03. The van der Waals surface area contributed by atoms with Crippen molar-refractivity contribution < 1.29 is 9.90 Å². The molecule has 0 radical (unpaired) electrons. The van der Waals surface area contributed by atoms with E-state index in [0.29, 0.717) is 6.42 Å². The zero-order valence-electron chi connectivity index (χ0n) is 13.1. The molecule has 0 bridgehead atoms. The van der Waals surface area contributed by atoms with Gasteiger partial charge in [0.1, 0.15) is 11.4 Å². The normalized spacial score (nSPS) is 15.8. The fourth-order valence-corrected chi connectivity index (χ4v) is 2.81. The predicted octanol–water partition coefficient (Wildman–Crippen LogP) is 2.61. The van der Waals surface area contributed by atoms with Gasteiger partial charge in [-0.05, 0) is 39.4 Å². The van der Waals surface area contributed by atoms with Crippen LogP contribution in [0.15, 0.2) is 24.3 Å². The lowest BCUT2D eigenvalue weighted by molar-refractivity contribution is -0.144. The quantitative estimate of drug-likeness (QED) is 0.858. The standard InChI is InChI=1S/C16H23N3O2/c1-5-14-18-12-8-6-7-9-13(12)19(14)11(2)10-16(3,17-4)15(20)21/h6-9,11,17H,5,10H2,1-4H3,(H,20,21). The van der Waals surface area contributed by atoms with Crippen LogP contribution in [-0.2, 0) is 11.2 Å². The van der Waals surface area contributed by atoms with Gasteiger partial charge in [-0.15, -0.1) is 0 Å². The van der Waals surface area contributed by atoms with Gasteiger partial charge in [0.15, 0.2) is 0 Å². The minimum absolute atomic E-state index is 0.0425. The molecular weight excluding hydrogens is 266 g/mol. The number of likely N-dealkylation sites (N-methyl/N-ethyl adjacent to an activating group) is 1. The number of hydrogen-bond acceptors (Lipinski definition) is 3. The summed E-state index contributed by atoms with van der Waals surface area (Å²) in [4.78, 5) is 16.1. The third kappa shape index (κ3) is 2.78. The molecule has 0 aliphatic heterocycles. The number of nitrogens with zero attached hydrogens (tertiary/aromatic N) is 2. The summed E-state index contributed by atoms with van der Waals surface area (Å²) < 4.78 is 2.16. The number of fused-ring (bicyclic) bond motifs is 1. The number of carbonyl (C=O) groups is 1. The van der Waals surface area contributed by atoms with Gasteiger partial charge in [0.2, 0.25) is 0 Å². The second-order valence-corrected chi connectivity index (χ2v) is 5.68. The van der Waals surface area contributed by atoms with Crippen LogP contribution < -0.4 is 5.32 Å². The van der Waals surface area contributed by atoms with Gasteiger partial charge in [-0.3, -0.25) is 4.79 Å². The van der Waals surface area contributed by atoms with Gasteiger partial charge in [0, 0.05) is 12.5 Å². The first kappa shape index (κ1) is 15.5. The largest absolute Gasteiger partial charge is 0.480 e. The zero-order valence-corrected chi connectivity index (χ0v) is 13.1. The van der Waals surface area contributed by atoms with Crippen molar-refractivity contribution in [3.8, 4) is 0 Å². The fraction of sp³-hybridized carbons (Fsp3) is 0.500. The molecule has 0 aliphatic carbocycles. The van der Waals surface area contributed by atoms with E-state index < -0.39 is 11.5 Å². The first-order chi connectivity index (χ1) is 9.92. The monoisotopic (exact) mass is 289 g/mol. The highest BCUT2D eigenvalue weighted by atomic mass is 16.4. The Labute approximate surface area is 125 Å². The molecule has 0 amide bonds. The first-order valence-electron chi connectivity index (χ1n) is 7.31. The highest BCUT2D eigenvalue weighted by Crippen LogP contribution is 2.27. The Morgan fingerprint density at radius 1 is 1.48 bits per heavy atom. The van der Waals surface area contributed by atoms with Crippen molar-refractivity contribution in [2.24, 2.45) is 0 Å². The lowest BCUT2D eigenvalue weighted by Crippen LogP contribution is -2.48. The van der Waals surface area contributed by atoms with Gasteiger partial charge in [0.25, 0.3) is 0 Å². The topological polar surface area (TPSA) is 67.2 Å². The summed E-state index contributed by atoms with van der Waals surface area (Å²) in [6.07, 6.45) is 1.31. The van der Waals surface area contributed by atoms with Gasteiger partial charge < -0.3 is 15.0 Å². The van der Waals surface area contributed by atoms with Crippen molar-refractivity contribution in [2.45, 2.75) is 45.2 Å². The van der Waals surface area contributed by atoms with Crippen LogP contribution >= 0.6 is 0 Å². The Hall–Kier alpha value is -1.88. The Morgan fingerprint density at radius 2 is 2.14 bits per heavy atom. The van der Waals surface area contributed by atoms with Crippen LogP contribution in [0.5, 0.6) is 0 Å². The number of aromatic nitrogens is 2. The van der Waals surface area contributed by atoms with Gasteiger partial charge >= 0.3 is 5.97 Å². The maximum atomic E-state index is 11.5. The van der Waals surface area contributed by atoms with Crippen molar-refractivity contribution >= 4 is 17.0 Å². The fourth-order valence-electron chi connectivity index (χ4n) is 2.81. The first-order valence-corrected chi connectivity index (χ1v) is 7.31. The van der Waals surface area contributed by atoms with Gasteiger partial charge in [-0.2, -0.15) is 0 Å². The predicted molar refractivity (Wildman–Crippen MR) is 83.5 cm³/mol. The molecule has 0 saturated heterocycles. The molecule has 21 heavy (non-hydrogen) atoms. The molecule has 0 spiro atoms. The Balaban J connectivity index is 2.43. The molecule has 114 valence electrons. The van der Waals surface area contributed by atoms with Gasteiger partial charge in [-0.25, -0.2) is 4.98 Å². The number of rotatable bonds is 6. The number of carboxylic acid groups (broad SMARTS) is 1. The number of para-hydroxylation sites is 2. The SMILES string of the molecule is CCc1nc2ccccc2n1C(C)CC(C)(NC)C(=O)O. The number of carboxylic acids is 1. The van der Waals surface area contributed by atoms with Crippen molar-refractivity contribution in [3.63, 3.8) is 0 Å². The van der Waals surface area contributed by atoms with E-state index in [4.69, 9.17) is 0 Å². The van der Waals surface area contributed by atoms with Crippen LogP contribution in [0, 0.1) is 0 Å². The minimum Gasteiger partial charge on any atom is -0.480 e. The van der Waals surface area contributed by atoms with Gasteiger partial charge in [0.05, 0.1) is 11.0 Å². The van der Waals surface area contributed by atoms with E-state index >= 15 is 0 Å². The smallest absolute Gasteiger partial charge is 0.323 e. The van der Waals surface area contributed by atoms with Crippen LogP contribution in [0.4, 0.5) is 0 Å². The van der Waals surface area contributed by atoms with E-state index in [2.05, 4.69) is 21.8 Å². The molecule has 2 rings (SSSR count). The maximum absolute atomic E-state index is 11.5. The molecule has 1 heterocycles. The number of hydrogen-bond donors (Lipinski definition) is 2. The lowest BCUT2D eigenvalue weighted by Gasteiger charge is -2.29. The van der Waals surface area contributed by atoms with E-state index in [9.17, 15) is 9.90 Å². The summed E-state index contributed by atoms with van der Waals surface area (Å²) >= 11 is 0. The van der Waals surface area contributed by atoms with E-state index in [1.165, 1.54) is 0 Å². The molecule has 2 unspecified atom stereocenters. The van der Waals surface area contributed by atoms with E-state index in [0.717, 1.165) is 23.3 Å². The number of benzene rings is 1. The molecule has 5 heteroatoms. The average Bonchev–Trinajstić information content (AvgIpc) is 2.85. The van der Waals surface area contributed by atoms with Crippen LogP contribution in [-0.4, -0.2) is 33.2 Å². The molecule has 0 aliphatic rings.